The molecule has 19 heavy (non-hydrogen) atoms. The highest BCUT2D eigenvalue weighted by molar-refractivity contribution is 6.72. The molecule has 1 heterocycles. The first-order valence-corrected chi connectivity index (χ1v) is 7.29. The van der Waals surface area contributed by atoms with E-state index in [0.29, 0.717) is 19.0 Å². The number of likely N-dealkylation sites (N-methyl/N-ethyl adjacent to an activating group) is 1. The average Bonchev–Trinajstić information content (AvgIpc) is 2.45. The highest BCUT2D eigenvalue weighted by Crippen LogP contribution is 2.02. The largest absolute Gasteiger partial charge is 0.474 e. The maximum absolute atomic E-state index is 11.8. The standard InChI is InChI=1S/C13H18N2O3Si/c1-15(9-5-11-3-7-14-8-4-11)12(16)6-10-19-13(17)18-2/h3-4,7-8H,5-6,9-10H2,1-2H3. The van der Waals surface area contributed by atoms with Crippen molar-refractivity contribution in [3.63, 3.8) is 0 Å². The zero-order valence-electron chi connectivity index (χ0n) is 11.3. The summed E-state index contributed by atoms with van der Waals surface area (Å²) in [5.74, 6) is 0.0606. The Kier molecular flexibility index (Phi) is 6.81. The number of aromatic nitrogens is 1. The van der Waals surface area contributed by atoms with Crippen LogP contribution in [0.2, 0.25) is 6.04 Å². The molecule has 1 aromatic heterocycles. The van der Waals surface area contributed by atoms with Gasteiger partial charge in [0, 0.05) is 32.4 Å². The molecule has 102 valence electrons. The van der Waals surface area contributed by atoms with Crippen LogP contribution in [-0.2, 0) is 16.0 Å². The van der Waals surface area contributed by atoms with E-state index in [2.05, 4.69) is 9.72 Å². The second-order valence-corrected chi connectivity index (χ2v) is 5.35. The Balaban J connectivity index is 2.23. The number of hydrogen-bond acceptors (Lipinski definition) is 4. The van der Waals surface area contributed by atoms with Crippen molar-refractivity contribution in [2.24, 2.45) is 0 Å². The van der Waals surface area contributed by atoms with E-state index in [1.807, 2.05) is 12.1 Å². The van der Waals surface area contributed by atoms with Crippen molar-refractivity contribution in [1.82, 2.24) is 9.88 Å². The molecule has 6 heteroatoms. The highest BCUT2D eigenvalue weighted by Gasteiger charge is 2.10. The van der Waals surface area contributed by atoms with Crippen LogP contribution in [-0.4, -0.2) is 51.6 Å². The fourth-order valence-electron chi connectivity index (χ4n) is 1.51. The number of pyridine rings is 1. The van der Waals surface area contributed by atoms with Crippen molar-refractivity contribution in [3.05, 3.63) is 30.1 Å². The Morgan fingerprint density at radius 3 is 2.68 bits per heavy atom. The Morgan fingerprint density at radius 1 is 1.37 bits per heavy atom. The summed E-state index contributed by atoms with van der Waals surface area (Å²) < 4.78 is 4.54. The third kappa shape index (κ3) is 6.14. The SMILES string of the molecule is COC(=O)[Si]CCC(=O)N(C)CCc1ccncc1. The van der Waals surface area contributed by atoms with Gasteiger partial charge in [0.05, 0.1) is 7.11 Å². The van der Waals surface area contributed by atoms with E-state index in [0.717, 1.165) is 12.0 Å². The Hall–Kier alpha value is -1.69. The van der Waals surface area contributed by atoms with Crippen LogP contribution >= 0.6 is 0 Å². The zero-order chi connectivity index (χ0) is 14.1. The van der Waals surface area contributed by atoms with Crippen molar-refractivity contribution < 1.29 is 14.3 Å². The molecule has 1 amide bonds. The van der Waals surface area contributed by atoms with Gasteiger partial charge in [-0.15, -0.1) is 0 Å². The molecule has 1 aromatic rings. The summed E-state index contributed by atoms with van der Waals surface area (Å²) in [6, 6.07) is 4.44. The molecule has 0 saturated carbocycles. The van der Waals surface area contributed by atoms with Gasteiger partial charge >= 0.3 is 0 Å². The van der Waals surface area contributed by atoms with Gasteiger partial charge in [-0.2, -0.15) is 0 Å². The first-order valence-electron chi connectivity index (χ1n) is 6.08. The topological polar surface area (TPSA) is 59.5 Å². The maximum Gasteiger partial charge on any atom is 0.267 e. The van der Waals surface area contributed by atoms with E-state index >= 15 is 0 Å². The molecular weight excluding hydrogens is 260 g/mol. The van der Waals surface area contributed by atoms with Gasteiger partial charge in [0.25, 0.3) is 5.59 Å². The minimum atomic E-state index is -0.243. The van der Waals surface area contributed by atoms with Gasteiger partial charge in [0.1, 0.15) is 0 Å². The first kappa shape index (κ1) is 15.4. The molecule has 0 unspecified atom stereocenters. The Morgan fingerprint density at radius 2 is 2.05 bits per heavy atom. The number of carbonyl (C=O) groups is 2. The number of amides is 1. The molecule has 0 aliphatic heterocycles. The quantitative estimate of drug-likeness (QED) is 0.707. The van der Waals surface area contributed by atoms with Gasteiger partial charge < -0.3 is 9.64 Å². The highest BCUT2D eigenvalue weighted by atomic mass is 28.2. The van der Waals surface area contributed by atoms with Crippen LogP contribution in [0.1, 0.15) is 12.0 Å². The number of rotatable bonds is 7. The van der Waals surface area contributed by atoms with Crippen LogP contribution < -0.4 is 0 Å². The predicted molar refractivity (Wildman–Crippen MR) is 73.2 cm³/mol. The fraction of sp³-hybridized carbons (Fsp3) is 0.462. The van der Waals surface area contributed by atoms with Gasteiger partial charge in [0.2, 0.25) is 5.91 Å². The zero-order valence-corrected chi connectivity index (χ0v) is 12.3. The van der Waals surface area contributed by atoms with Crippen LogP contribution in [0.15, 0.2) is 24.5 Å². The molecule has 1 rings (SSSR count). The van der Waals surface area contributed by atoms with Crippen molar-refractivity contribution in [3.8, 4) is 0 Å². The normalized spacial score (nSPS) is 10.0. The summed E-state index contributed by atoms with van der Waals surface area (Å²) in [4.78, 5) is 28.4. The molecule has 0 fully saturated rings. The number of hydrogen-bond donors (Lipinski definition) is 0. The number of ether oxygens (including phenoxy) is 1. The van der Waals surface area contributed by atoms with Gasteiger partial charge in [0.15, 0.2) is 9.52 Å². The van der Waals surface area contributed by atoms with Gasteiger partial charge in [-0.25, -0.2) is 0 Å². The number of carbonyl (C=O) groups excluding carboxylic acids is 2. The fourth-order valence-corrected chi connectivity index (χ4v) is 2.19. The third-order valence-electron chi connectivity index (χ3n) is 2.70. The molecule has 0 N–H and O–H groups in total. The summed E-state index contributed by atoms with van der Waals surface area (Å²) in [7, 11) is 3.19. The molecule has 0 aliphatic rings. The maximum atomic E-state index is 11.8. The lowest BCUT2D eigenvalue weighted by Crippen LogP contribution is -2.29. The monoisotopic (exact) mass is 278 g/mol. The summed E-state index contributed by atoms with van der Waals surface area (Å²) in [6.07, 6.45) is 4.69. The minimum Gasteiger partial charge on any atom is -0.474 e. The van der Waals surface area contributed by atoms with Crippen molar-refractivity contribution in [2.45, 2.75) is 18.9 Å². The molecule has 0 bridgehead atoms. The molecule has 2 radical (unpaired) electrons. The summed E-state index contributed by atoms with van der Waals surface area (Å²) in [5, 5.41) is 0. The summed E-state index contributed by atoms with van der Waals surface area (Å²) >= 11 is 0. The van der Waals surface area contributed by atoms with Crippen LogP contribution in [0.3, 0.4) is 0 Å². The van der Waals surface area contributed by atoms with E-state index in [4.69, 9.17) is 0 Å². The lowest BCUT2D eigenvalue weighted by Gasteiger charge is -2.16. The van der Waals surface area contributed by atoms with Crippen LogP contribution in [0.4, 0.5) is 4.79 Å². The lowest BCUT2D eigenvalue weighted by molar-refractivity contribution is -0.129. The smallest absolute Gasteiger partial charge is 0.267 e. The lowest BCUT2D eigenvalue weighted by atomic mass is 10.2. The Labute approximate surface area is 115 Å². The second-order valence-electron chi connectivity index (χ2n) is 4.09. The van der Waals surface area contributed by atoms with E-state index in [1.54, 1.807) is 24.3 Å². The molecule has 0 saturated heterocycles. The Bertz CT molecular complexity index is 412. The second kappa shape index (κ2) is 8.42. The van der Waals surface area contributed by atoms with Gasteiger partial charge in [-0.1, -0.05) is 0 Å². The minimum absolute atomic E-state index is 0.0496. The van der Waals surface area contributed by atoms with E-state index in [9.17, 15) is 9.59 Å². The van der Waals surface area contributed by atoms with E-state index < -0.39 is 0 Å². The molecule has 0 atom stereocenters. The molecule has 0 spiro atoms. The van der Waals surface area contributed by atoms with Crippen molar-refractivity contribution in [1.29, 1.82) is 0 Å². The van der Waals surface area contributed by atoms with Gasteiger partial charge in [-0.3, -0.25) is 14.6 Å². The number of methoxy groups -OCH3 is 1. The van der Waals surface area contributed by atoms with Crippen molar-refractivity contribution in [2.75, 3.05) is 20.7 Å². The van der Waals surface area contributed by atoms with Gasteiger partial charge in [-0.05, 0) is 30.2 Å². The molecule has 0 aromatic carbocycles. The van der Waals surface area contributed by atoms with Crippen LogP contribution in [0.25, 0.3) is 0 Å². The predicted octanol–water partition coefficient (Wildman–Crippen LogP) is 1.36. The van der Waals surface area contributed by atoms with Crippen molar-refractivity contribution >= 4 is 21.0 Å². The van der Waals surface area contributed by atoms with E-state index in [1.165, 1.54) is 7.11 Å². The average molecular weight is 278 g/mol. The first-order chi connectivity index (χ1) is 9.13. The molecule has 0 aliphatic carbocycles. The van der Waals surface area contributed by atoms with Crippen LogP contribution in [0, 0.1) is 0 Å². The third-order valence-corrected chi connectivity index (χ3v) is 3.70. The van der Waals surface area contributed by atoms with E-state index in [-0.39, 0.29) is 21.0 Å². The summed E-state index contributed by atoms with van der Waals surface area (Å²) in [6.45, 7) is 0.671. The molecule has 5 nitrogen and oxygen atoms in total. The summed E-state index contributed by atoms with van der Waals surface area (Å²) in [5.41, 5.74) is 0.915. The number of nitrogens with zero attached hydrogens (tertiary/aromatic N) is 2. The molecular formula is C13H18N2O3Si. The van der Waals surface area contributed by atoms with Crippen LogP contribution in [0.5, 0.6) is 0 Å².